The van der Waals surface area contributed by atoms with Gasteiger partial charge in [0.05, 0.1) is 11.4 Å². The molecule has 0 bridgehead atoms. The van der Waals surface area contributed by atoms with E-state index in [2.05, 4.69) is 4.98 Å². The number of carboxylic acids is 1. The van der Waals surface area contributed by atoms with Crippen LogP contribution in [0.1, 0.15) is 26.5 Å². The highest BCUT2D eigenvalue weighted by Crippen LogP contribution is 2.32. The van der Waals surface area contributed by atoms with Gasteiger partial charge in [0.25, 0.3) is 5.56 Å². The molecule has 0 aliphatic carbocycles. The normalized spacial score (nSPS) is 11.4. The van der Waals surface area contributed by atoms with Crippen molar-refractivity contribution in [2.45, 2.75) is 6.92 Å². The fraction of sp³-hybridized carbons (Fsp3) is 0.0455. The van der Waals surface area contributed by atoms with E-state index >= 15 is 0 Å². The lowest BCUT2D eigenvalue weighted by atomic mass is 10.1. The lowest BCUT2D eigenvalue weighted by molar-refractivity contribution is 0.0702. The van der Waals surface area contributed by atoms with Crippen LogP contribution >= 0.6 is 34.5 Å². The minimum Gasteiger partial charge on any atom is -0.477 e. The van der Waals surface area contributed by atoms with E-state index in [0.29, 0.717) is 10.6 Å². The molecule has 0 atom stereocenters. The maximum Gasteiger partial charge on any atom is 0.348 e. The van der Waals surface area contributed by atoms with E-state index in [1.165, 1.54) is 4.40 Å². The van der Waals surface area contributed by atoms with E-state index in [1.54, 1.807) is 30.3 Å². The molecule has 150 valence electrons. The molecular formula is C22H14Cl2N2O3S. The Hall–Kier alpha value is -2.93. The number of benzene rings is 2. The third-order valence-corrected chi connectivity index (χ3v) is 6.08. The van der Waals surface area contributed by atoms with Crippen molar-refractivity contribution in [3.63, 3.8) is 0 Å². The zero-order valence-electron chi connectivity index (χ0n) is 15.6. The molecule has 2 aromatic heterocycles. The zero-order chi connectivity index (χ0) is 21.4. The lowest BCUT2D eigenvalue weighted by Crippen LogP contribution is -2.17. The Morgan fingerprint density at radius 2 is 1.87 bits per heavy atom. The summed E-state index contributed by atoms with van der Waals surface area (Å²) >= 11 is 13.2. The van der Waals surface area contributed by atoms with Gasteiger partial charge in [-0.3, -0.25) is 4.79 Å². The van der Waals surface area contributed by atoms with E-state index in [0.717, 1.165) is 22.5 Å². The molecule has 0 unspecified atom stereocenters. The van der Waals surface area contributed by atoms with Gasteiger partial charge in [0.1, 0.15) is 9.90 Å². The van der Waals surface area contributed by atoms with E-state index in [-0.39, 0.29) is 26.2 Å². The number of carboxylic acid groups (broad SMARTS) is 1. The van der Waals surface area contributed by atoms with Crippen molar-refractivity contribution in [2.24, 2.45) is 0 Å². The first kappa shape index (κ1) is 20.3. The molecule has 0 aliphatic heterocycles. The van der Waals surface area contributed by atoms with E-state index in [9.17, 15) is 14.7 Å². The highest BCUT2D eigenvalue weighted by molar-refractivity contribution is 7.19. The molecule has 0 fully saturated rings. The third kappa shape index (κ3) is 3.77. The van der Waals surface area contributed by atoms with Gasteiger partial charge in [0.2, 0.25) is 0 Å². The van der Waals surface area contributed by atoms with Crippen LogP contribution in [0.25, 0.3) is 28.4 Å². The van der Waals surface area contributed by atoms with Crippen molar-refractivity contribution in [3.05, 3.63) is 90.6 Å². The van der Waals surface area contributed by atoms with Gasteiger partial charge in [0.15, 0.2) is 4.96 Å². The Balaban J connectivity index is 1.92. The Morgan fingerprint density at radius 3 is 2.53 bits per heavy atom. The van der Waals surface area contributed by atoms with Crippen LogP contribution in [0.5, 0.6) is 0 Å². The average Bonchev–Trinajstić information content (AvgIpc) is 3.10. The second-order valence-corrected chi connectivity index (χ2v) is 8.37. The molecule has 2 aromatic carbocycles. The maximum atomic E-state index is 13.1. The van der Waals surface area contributed by atoms with Crippen LogP contribution in [0.15, 0.2) is 53.3 Å². The largest absolute Gasteiger partial charge is 0.477 e. The second-order valence-electron chi connectivity index (χ2n) is 6.57. The van der Waals surface area contributed by atoms with Crippen LogP contribution in [-0.4, -0.2) is 20.5 Å². The molecule has 30 heavy (non-hydrogen) atoms. The van der Waals surface area contributed by atoms with Gasteiger partial charge < -0.3 is 5.11 Å². The summed E-state index contributed by atoms with van der Waals surface area (Å²) < 4.78 is 1.24. The number of aryl methyl sites for hydroxylation is 1. The number of hydrogen-bond acceptors (Lipinski definition) is 4. The quantitative estimate of drug-likeness (QED) is 0.414. The Kier molecular flexibility index (Phi) is 5.47. The second kappa shape index (κ2) is 8.07. The molecular weight excluding hydrogens is 443 g/mol. The number of nitrogens with zero attached hydrogens (tertiary/aromatic N) is 2. The van der Waals surface area contributed by atoms with Gasteiger partial charge in [-0.15, -0.1) is 0 Å². The van der Waals surface area contributed by atoms with Crippen LogP contribution in [0, 0.1) is 6.92 Å². The highest BCUT2D eigenvalue weighted by atomic mass is 35.5. The summed E-state index contributed by atoms with van der Waals surface area (Å²) in [5, 5.41) is 10.1. The number of aromatic nitrogens is 2. The summed E-state index contributed by atoms with van der Waals surface area (Å²) in [6.45, 7) is 1.98. The standard InChI is InChI=1S/C22H14Cl2N2O3S/c1-12-3-2-4-13(11-12)5-10-16-17(24)20(27)26-18(14-6-8-15(23)9-7-14)19(21(28)29)30-22(26)25-16/h2-11H,1H3,(H,28,29). The van der Waals surface area contributed by atoms with Crippen molar-refractivity contribution < 1.29 is 9.90 Å². The molecule has 4 rings (SSSR count). The van der Waals surface area contributed by atoms with Crippen LogP contribution in [0.2, 0.25) is 10.0 Å². The minimum absolute atomic E-state index is 0.00203. The summed E-state index contributed by atoms with van der Waals surface area (Å²) in [6, 6.07) is 14.4. The van der Waals surface area contributed by atoms with Gasteiger partial charge in [0, 0.05) is 10.6 Å². The van der Waals surface area contributed by atoms with Gasteiger partial charge in [-0.05, 0) is 30.7 Å². The fourth-order valence-corrected chi connectivity index (χ4v) is 4.38. The van der Waals surface area contributed by atoms with Gasteiger partial charge in [-0.25, -0.2) is 14.2 Å². The smallest absolute Gasteiger partial charge is 0.348 e. The molecule has 0 saturated carbocycles. The van der Waals surface area contributed by atoms with E-state index < -0.39 is 11.5 Å². The van der Waals surface area contributed by atoms with Crippen molar-refractivity contribution in [2.75, 3.05) is 0 Å². The summed E-state index contributed by atoms with van der Waals surface area (Å²) in [4.78, 5) is 29.6. The minimum atomic E-state index is -1.15. The number of fused-ring (bicyclic) bond motifs is 1. The van der Waals surface area contributed by atoms with Crippen LogP contribution < -0.4 is 5.56 Å². The van der Waals surface area contributed by atoms with Crippen molar-refractivity contribution >= 4 is 57.6 Å². The molecule has 0 radical (unpaired) electrons. The molecule has 2 heterocycles. The summed E-state index contributed by atoms with van der Waals surface area (Å²) in [6.07, 6.45) is 3.46. The number of carbonyl (C=O) groups is 1. The topological polar surface area (TPSA) is 71.7 Å². The number of thiazole rings is 1. The highest BCUT2D eigenvalue weighted by Gasteiger charge is 2.23. The third-order valence-electron chi connectivity index (χ3n) is 4.44. The summed E-state index contributed by atoms with van der Waals surface area (Å²) in [5.74, 6) is -1.15. The van der Waals surface area contributed by atoms with E-state index in [1.807, 2.05) is 37.3 Å². The molecule has 0 aliphatic rings. The predicted octanol–water partition coefficient (Wildman–Crippen LogP) is 5.91. The van der Waals surface area contributed by atoms with Gasteiger partial charge in [-0.1, -0.05) is 82.6 Å². The number of halogens is 2. The van der Waals surface area contributed by atoms with E-state index in [4.69, 9.17) is 23.2 Å². The maximum absolute atomic E-state index is 13.1. The molecule has 4 aromatic rings. The molecule has 1 N–H and O–H groups in total. The first-order valence-electron chi connectivity index (χ1n) is 8.84. The molecule has 0 saturated heterocycles. The first-order valence-corrected chi connectivity index (χ1v) is 10.4. The summed E-state index contributed by atoms with van der Waals surface area (Å²) in [7, 11) is 0. The monoisotopic (exact) mass is 456 g/mol. The van der Waals surface area contributed by atoms with Crippen molar-refractivity contribution in [1.82, 2.24) is 9.38 Å². The van der Waals surface area contributed by atoms with Crippen LogP contribution in [-0.2, 0) is 0 Å². The Bertz CT molecular complexity index is 1370. The van der Waals surface area contributed by atoms with Crippen LogP contribution in [0.4, 0.5) is 0 Å². The Labute approximate surface area is 185 Å². The average molecular weight is 457 g/mol. The predicted molar refractivity (Wildman–Crippen MR) is 122 cm³/mol. The van der Waals surface area contributed by atoms with Gasteiger partial charge in [-0.2, -0.15) is 0 Å². The Morgan fingerprint density at radius 1 is 1.13 bits per heavy atom. The number of hydrogen-bond donors (Lipinski definition) is 1. The fourth-order valence-electron chi connectivity index (χ4n) is 3.08. The van der Waals surface area contributed by atoms with Crippen LogP contribution in [0.3, 0.4) is 0 Å². The van der Waals surface area contributed by atoms with Gasteiger partial charge >= 0.3 is 5.97 Å². The first-order chi connectivity index (χ1) is 14.3. The zero-order valence-corrected chi connectivity index (χ0v) is 17.9. The molecule has 8 heteroatoms. The number of aromatic carboxylic acids is 1. The number of rotatable bonds is 4. The molecule has 0 spiro atoms. The van der Waals surface area contributed by atoms with Crippen molar-refractivity contribution in [3.8, 4) is 11.3 Å². The summed E-state index contributed by atoms with van der Waals surface area (Å²) in [5.41, 5.74) is 2.55. The molecule has 0 amide bonds. The lowest BCUT2D eigenvalue weighted by Gasteiger charge is -2.05. The SMILES string of the molecule is Cc1cccc(C=Cc2nc3sc(C(=O)O)c(-c4ccc(Cl)cc4)n3c(=O)c2Cl)c1. The van der Waals surface area contributed by atoms with Crippen molar-refractivity contribution in [1.29, 1.82) is 0 Å². The molecule has 5 nitrogen and oxygen atoms in total.